The zero-order valence-corrected chi connectivity index (χ0v) is 15.6. The van der Waals surface area contributed by atoms with Crippen molar-refractivity contribution >= 4 is 34.8 Å². The van der Waals surface area contributed by atoms with Crippen molar-refractivity contribution in [3.63, 3.8) is 0 Å². The molecular weight excluding hydrogens is 364 g/mol. The highest BCUT2D eigenvalue weighted by atomic mass is 35.5. The van der Waals surface area contributed by atoms with Gasteiger partial charge in [0.2, 0.25) is 0 Å². The van der Waals surface area contributed by atoms with Crippen LogP contribution in [0.3, 0.4) is 0 Å². The Hall–Kier alpha value is -1.96. The quantitative estimate of drug-likeness (QED) is 0.656. The molecule has 0 aliphatic rings. The first-order valence-corrected chi connectivity index (χ1v) is 8.87. The maximum absolute atomic E-state index is 12.7. The number of hydrogen-bond donors (Lipinski definition) is 0. The second kappa shape index (κ2) is 9.50. The lowest BCUT2D eigenvalue weighted by molar-refractivity contribution is -0.140. The number of thiazole rings is 1. The Kier molecular flexibility index (Phi) is 7.36. The lowest BCUT2D eigenvalue weighted by Crippen LogP contribution is -2.36. The van der Waals surface area contributed by atoms with Crippen molar-refractivity contribution in [2.45, 2.75) is 6.42 Å². The largest absolute Gasteiger partial charge is 0.469 e. The van der Waals surface area contributed by atoms with Gasteiger partial charge in [0.25, 0.3) is 5.91 Å². The summed E-state index contributed by atoms with van der Waals surface area (Å²) in [7, 11) is 2.88. The fourth-order valence-electron chi connectivity index (χ4n) is 2.10. The number of ether oxygens (including phenoxy) is 2. The zero-order chi connectivity index (χ0) is 18.2. The molecule has 1 aromatic carbocycles. The SMILES string of the molecule is COCCN(CCC(=O)OC)C(=O)c1csc(-c2ccc(Cl)cc2)n1. The number of nitrogens with zero attached hydrogens (tertiary/aromatic N) is 2. The molecule has 1 aromatic heterocycles. The number of methoxy groups -OCH3 is 2. The van der Waals surface area contributed by atoms with E-state index in [4.69, 9.17) is 16.3 Å². The van der Waals surface area contributed by atoms with Gasteiger partial charge < -0.3 is 14.4 Å². The lowest BCUT2D eigenvalue weighted by Gasteiger charge is -2.20. The fourth-order valence-corrected chi connectivity index (χ4v) is 3.03. The minimum absolute atomic E-state index is 0.125. The molecule has 0 aliphatic heterocycles. The molecule has 25 heavy (non-hydrogen) atoms. The Balaban J connectivity index is 2.12. The maximum atomic E-state index is 12.7. The van der Waals surface area contributed by atoms with Crippen molar-refractivity contribution in [1.29, 1.82) is 0 Å². The summed E-state index contributed by atoms with van der Waals surface area (Å²) in [6.07, 6.45) is 0.125. The van der Waals surface area contributed by atoms with E-state index in [1.165, 1.54) is 18.4 Å². The van der Waals surface area contributed by atoms with Gasteiger partial charge in [-0.25, -0.2) is 4.98 Å². The molecule has 2 rings (SSSR count). The molecule has 0 aliphatic carbocycles. The average molecular weight is 383 g/mol. The number of carbonyl (C=O) groups is 2. The molecule has 0 bridgehead atoms. The molecule has 0 N–H and O–H groups in total. The minimum atomic E-state index is -0.365. The molecule has 0 radical (unpaired) electrons. The van der Waals surface area contributed by atoms with Gasteiger partial charge in [-0.05, 0) is 12.1 Å². The summed E-state index contributed by atoms with van der Waals surface area (Å²) in [5.74, 6) is -0.604. The van der Waals surface area contributed by atoms with E-state index in [1.54, 1.807) is 29.5 Å². The van der Waals surface area contributed by atoms with Gasteiger partial charge in [-0.2, -0.15) is 0 Å². The van der Waals surface area contributed by atoms with Gasteiger partial charge >= 0.3 is 5.97 Å². The van der Waals surface area contributed by atoms with Crippen LogP contribution in [0.4, 0.5) is 0 Å². The van der Waals surface area contributed by atoms with E-state index >= 15 is 0 Å². The molecule has 0 fully saturated rings. The Morgan fingerprint density at radius 3 is 2.56 bits per heavy atom. The van der Waals surface area contributed by atoms with E-state index in [0.29, 0.717) is 23.9 Å². The zero-order valence-electron chi connectivity index (χ0n) is 14.0. The normalized spacial score (nSPS) is 10.5. The summed E-state index contributed by atoms with van der Waals surface area (Å²) in [5, 5.41) is 3.09. The molecule has 0 spiro atoms. The van der Waals surface area contributed by atoms with Crippen molar-refractivity contribution in [3.8, 4) is 10.6 Å². The second-order valence-electron chi connectivity index (χ2n) is 5.16. The van der Waals surface area contributed by atoms with Gasteiger partial charge in [-0.1, -0.05) is 23.7 Å². The Morgan fingerprint density at radius 1 is 1.20 bits per heavy atom. The predicted molar refractivity (Wildman–Crippen MR) is 97.0 cm³/mol. The van der Waals surface area contributed by atoms with Crippen molar-refractivity contribution in [2.24, 2.45) is 0 Å². The number of esters is 1. The molecular formula is C17H19ClN2O4S. The molecule has 134 valence electrons. The van der Waals surface area contributed by atoms with Gasteiger partial charge in [0.15, 0.2) is 0 Å². The average Bonchev–Trinajstić information content (AvgIpc) is 3.11. The highest BCUT2D eigenvalue weighted by Crippen LogP contribution is 2.25. The number of benzene rings is 1. The van der Waals surface area contributed by atoms with E-state index in [9.17, 15) is 9.59 Å². The fraction of sp³-hybridized carbons (Fsp3) is 0.353. The minimum Gasteiger partial charge on any atom is -0.469 e. The summed E-state index contributed by atoms with van der Waals surface area (Å²) in [6, 6.07) is 7.27. The van der Waals surface area contributed by atoms with Crippen LogP contribution in [-0.4, -0.2) is 55.7 Å². The topological polar surface area (TPSA) is 68.7 Å². The molecule has 0 saturated carbocycles. The van der Waals surface area contributed by atoms with Crippen LogP contribution in [0, 0.1) is 0 Å². The third-order valence-corrected chi connectivity index (χ3v) is 4.62. The first-order chi connectivity index (χ1) is 12.0. The Bertz CT molecular complexity index is 718. The first kappa shape index (κ1) is 19.4. The van der Waals surface area contributed by atoms with E-state index in [-0.39, 0.29) is 24.8 Å². The number of rotatable bonds is 8. The number of hydrogen-bond acceptors (Lipinski definition) is 6. The molecule has 6 nitrogen and oxygen atoms in total. The summed E-state index contributed by atoms with van der Waals surface area (Å²) >= 11 is 7.27. The predicted octanol–water partition coefficient (Wildman–Crippen LogP) is 3.12. The third-order valence-electron chi connectivity index (χ3n) is 3.48. The molecule has 0 saturated heterocycles. The van der Waals surface area contributed by atoms with Crippen molar-refractivity contribution < 1.29 is 19.1 Å². The highest BCUT2D eigenvalue weighted by Gasteiger charge is 2.20. The Labute approximate surface area is 155 Å². The molecule has 8 heteroatoms. The molecule has 2 aromatic rings. The van der Waals surface area contributed by atoms with Crippen LogP contribution in [0.2, 0.25) is 5.02 Å². The van der Waals surface area contributed by atoms with Gasteiger partial charge in [-0.3, -0.25) is 9.59 Å². The number of halogens is 1. The van der Waals surface area contributed by atoms with Crippen molar-refractivity contribution in [1.82, 2.24) is 9.88 Å². The van der Waals surface area contributed by atoms with E-state index in [2.05, 4.69) is 9.72 Å². The van der Waals surface area contributed by atoms with Crippen molar-refractivity contribution in [3.05, 3.63) is 40.4 Å². The number of carbonyl (C=O) groups excluding carboxylic acids is 2. The van der Waals surface area contributed by atoms with Crippen LogP contribution in [0.1, 0.15) is 16.9 Å². The number of aromatic nitrogens is 1. The van der Waals surface area contributed by atoms with Crippen LogP contribution in [0.5, 0.6) is 0 Å². The standard InChI is InChI=1S/C17H19ClN2O4S/c1-23-10-9-20(8-7-15(21)24-2)17(22)14-11-25-16(19-14)12-3-5-13(18)6-4-12/h3-6,11H,7-10H2,1-2H3. The van der Waals surface area contributed by atoms with Gasteiger partial charge in [-0.15, -0.1) is 11.3 Å². The second-order valence-corrected chi connectivity index (χ2v) is 6.45. The smallest absolute Gasteiger partial charge is 0.307 e. The van der Waals surface area contributed by atoms with E-state index < -0.39 is 0 Å². The van der Waals surface area contributed by atoms with E-state index in [0.717, 1.165) is 10.6 Å². The maximum Gasteiger partial charge on any atom is 0.307 e. The summed E-state index contributed by atoms with van der Waals surface area (Å²) in [4.78, 5) is 30.0. The van der Waals surface area contributed by atoms with E-state index in [1.807, 2.05) is 12.1 Å². The number of amides is 1. The third kappa shape index (κ3) is 5.52. The first-order valence-electron chi connectivity index (χ1n) is 7.61. The van der Waals surface area contributed by atoms with Crippen LogP contribution in [0.15, 0.2) is 29.6 Å². The van der Waals surface area contributed by atoms with Crippen LogP contribution < -0.4 is 0 Å². The van der Waals surface area contributed by atoms with Gasteiger partial charge in [0.1, 0.15) is 10.7 Å². The van der Waals surface area contributed by atoms with Crippen molar-refractivity contribution in [2.75, 3.05) is 33.9 Å². The van der Waals surface area contributed by atoms with Gasteiger partial charge in [0, 0.05) is 36.2 Å². The van der Waals surface area contributed by atoms with Gasteiger partial charge in [0.05, 0.1) is 20.1 Å². The summed E-state index contributed by atoms with van der Waals surface area (Å²) in [6.45, 7) is 1.00. The monoisotopic (exact) mass is 382 g/mol. The Morgan fingerprint density at radius 2 is 1.92 bits per heavy atom. The lowest BCUT2D eigenvalue weighted by atomic mass is 10.2. The molecule has 1 amide bonds. The molecule has 0 unspecified atom stereocenters. The van der Waals surface area contributed by atoms with Crippen LogP contribution in [0.25, 0.3) is 10.6 Å². The highest BCUT2D eigenvalue weighted by molar-refractivity contribution is 7.13. The summed E-state index contributed by atoms with van der Waals surface area (Å²) < 4.78 is 9.67. The molecule has 1 heterocycles. The molecule has 0 atom stereocenters. The van der Waals surface area contributed by atoms with Crippen LogP contribution >= 0.6 is 22.9 Å². The summed E-state index contributed by atoms with van der Waals surface area (Å²) in [5.41, 5.74) is 1.24. The van der Waals surface area contributed by atoms with Crippen LogP contribution in [-0.2, 0) is 14.3 Å².